The molecule has 0 bridgehead atoms. The van der Waals surface area contributed by atoms with Crippen molar-refractivity contribution in [3.63, 3.8) is 0 Å². The summed E-state index contributed by atoms with van der Waals surface area (Å²) in [5.41, 5.74) is 3.12. The maximum Gasteiger partial charge on any atom is 0.157 e. The van der Waals surface area contributed by atoms with Crippen LogP contribution >= 0.6 is 11.8 Å². The van der Waals surface area contributed by atoms with Gasteiger partial charge in [0, 0.05) is 46.0 Å². The highest BCUT2D eigenvalue weighted by Crippen LogP contribution is 2.55. The van der Waals surface area contributed by atoms with Crippen molar-refractivity contribution in [3.05, 3.63) is 95.1 Å². The summed E-state index contributed by atoms with van der Waals surface area (Å²) >= 11 is 1.50. The minimum absolute atomic E-state index is 0.0793. The Morgan fingerprint density at radius 1 is 0.850 bits per heavy atom. The summed E-state index contributed by atoms with van der Waals surface area (Å²) in [6, 6.07) is 20.5. The lowest BCUT2D eigenvalue weighted by molar-refractivity contribution is 0.172. The molecule has 40 heavy (non-hydrogen) atoms. The van der Waals surface area contributed by atoms with Crippen LogP contribution in [0.3, 0.4) is 0 Å². The number of fused-ring (bicyclic) bond motifs is 1. The van der Waals surface area contributed by atoms with E-state index >= 15 is 0 Å². The number of hydrogen-bond donors (Lipinski definition) is 5. The average Bonchev–Trinajstić information content (AvgIpc) is 2.89. The highest BCUT2D eigenvalue weighted by Gasteiger charge is 2.34. The molecule has 8 heteroatoms. The Hall–Kier alpha value is -4.30. The Kier molecular flexibility index (Phi) is 7.29. The smallest absolute Gasteiger partial charge is 0.157 e. The summed E-state index contributed by atoms with van der Waals surface area (Å²) in [6.45, 7) is 6.13. The summed E-state index contributed by atoms with van der Waals surface area (Å²) in [5, 5.41) is 51.3. The molecule has 0 amide bonds. The Morgan fingerprint density at radius 3 is 2.38 bits per heavy atom. The number of aromatic hydroxyl groups is 5. The van der Waals surface area contributed by atoms with Crippen LogP contribution in [-0.2, 0) is 5.41 Å². The highest BCUT2D eigenvalue weighted by atomic mass is 32.2. The summed E-state index contributed by atoms with van der Waals surface area (Å²) < 4.78 is 6.15. The van der Waals surface area contributed by atoms with Gasteiger partial charge in [0.15, 0.2) is 11.5 Å². The molecule has 0 aliphatic carbocycles. The van der Waals surface area contributed by atoms with Crippen LogP contribution < -0.4 is 4.74 Å². The molecule has 0 saturated carbocycles. The van der Waals surface area contributed by atoms with Crippen molar-refractivity contribution >= 4 is 23.7 Å². The van der Waals surface area contributed by atoms with E-state index in [0.29, 0.717) is 34.5 Å². The standard InChI is InChI=1S/C32H31NO6S/c1-32(2,3)21-8-6-7-19(31(21)38)17-33-22-9-4-5-10-28(22)40-29-16-26(18-11-12-23(35)24(36)13-18)39-27-15-20(34)14-25(37)30(27)29/h4-15,17,26,29,34-38H,16H2,1-3H3/t26-,29?/m0/s1. The Labute approximate surface area is 237 Å². The fraction of sp³-hybridized carbons (Fsp3) is 0.219. The van der Waals surface area contributed by atoms with Crippen molar-refractivity contribution in [2.24, 2.45) is 4.99 Å². The molecule has 0 spiro atoms. The quantitative estimate of drug-likeness (QED) is 0.126. The van der Waals surface area contributed by atoms with E-state index in [-0.39, 0.29) is 39.4 Å². The van der Waals surface area contributed by atoms with Crippen LogP contribution in [0.15, 0.2) is 82.7 Å². The molecule has 5 rings (SSSR count). The van der Waals surface area contributed by atoms with Gasteiger partial charge >= 0.3 is 0 Å². The third-order valence-electron chi connectivity index (χ3n) is 6.85. The number of para-hydroxylation sites is 2. The molecular weight excluding hydrogens is 526 g/mol. The van der Waals surface area contributed by atoms with Crippen LogP contribution in [0.5, 0.6) is 34.5 Å². The first-order chi connectivity index (χ1) is 19.0. The lowest BCUT2D eigenvalue weighted by Gasteiger charge is -2.33. The number of nitrogens with zero attached hydrogens (tertiary/aromatic N) is 1. The molecule has 4 aromatic carbocycles. The maximum absolute atomic E-state index is 10.9. The normalized spacial score (nSPS) is 17.0. The molecule has 5 N–H and O–H groups in total. The molecule has 206 valence electrons. The van der Waals surface area contributed by atoms with Gasteiger partial charge in [0.1, 0.15) is 29.1 Å². The number of phenols is 5. The van der Waals surface area contributed by atoms with Crippen LogP contribution in [0.2, 0.25) is 0 Å². The number of benzene rings is 4. The number of aliphatic imine (C=N–C) groups is 1. The zero-order chi connectivity index (χ0) is 28.6. The summed E-state index contributed by atoms with van der Waals surface area (Å²) in [5.74, 6) is -0.156. The third kappa shape index (κ3) is 5.53. The minimum atomic E-state index is -0.509. The van der Waals surface area contributed by atoms with E-state index in [4.69, 9.17) is 9.73 Å². The van der Waals surface area contributed by atoms with E-state index in [1.165, 1.54) is 36.0 Å². The molecule has 1 heterocycles. The van der Waals surface area contributed by atoms with Crippen molar-refractivity contribution in [1.82, 2.24) is 0 Å². The highest BCUT2D eigenvalue weighted by molar-refractivity contribution is 7.99. The molecule has 1 aliphatic heterocycles. The molecule has 1 unspecified atom stereocenters. The van der Waals surface area contributed by atoms with E-state index in [1.54, 1.807) is 12.3 Å². The van der Waals surface area contributed by atoms with E-state index < -0.39 is 6.10 Å². The van der Waals surface area contributed by atoms with Crippen molar-refractivity contribution < 1.29 is 30.3 Å². The molecule has 0 fully saturated rings. The first kappa shape index (κ1) is 27.3. The maximum atomic E-state index is 10.9. The summed E-state index contributed by atoms with van der Waals surface area (Å²) in [4.78, 5) is 5.57. The molecule has 0 saturated heterocycles. The first-order valence-corrected chi connectivity index (χ1v) is 13.8. The van der Waals surface area contributed by atoms with Gasteiger partial charge in [0.2, 0.25) is 0 Å². The van der Waals surface area contributed by atoms with Gasteiger partial charge in [-0.3, -0.25) is 4.99 Å². The number of hydrogen-bond acceptors (Lipinski definition) is 8. The van der Waals surface area contributed by atoms with E-state index in [2.05, 4.69) is 0 Å². The zero-order valence-corrected chi connectivity index (χ0v) is 23.2. The van der Waals surface area contributed by atoms with Gasteiger partial charge in [0.05, 0.1) is 5.69 Å². The zero-order valence-electron chi connectivity index (χ0n) is 22.4. The van der Waals surface area contributed by atoms with Crippen molar-refractivity contribution in [2.75, 3.05) is 0 Å². The Morgan fingerprint density at radius 2 is 1.62 bits per heavy atom. The van der Waals surface area contributed by atoms with Crippen molar-refractivity contribution in [3.8, 4) is 34.5 Å². The second-order valence-corrected chi connectivity index (χ2v) is 12.0. The molecule has 4 aromatic rings. The predicted molar refractivity (Wildman–Crippen MR) is 157 cm³/mol. The largest absolute Gasteiger partial charge is 0.508 e. The second kappa shape index (κ2) is 10.7. The molecule has 2 atom stereocenters. The summed E-state index contributed by atoms with van der Waals surface area (Å²) in [6.07, 6.45) is 1.58. The van der Waals surface area contributed by atoms with Crippen LogP contribution in [0.25, 0.3) is 0 Å². The third-order valence-corrected chi connectivity index (χ3v) is 8.16. The monoisotopic (exact) mass is 557 g/mol. The van der Waals surface area contributed by atoms with E-state index in [1.807, 2.05) is 63.2 Å². The van der Waals surface area contributed by atoms with Crippen LogP contribution in [-0.4, -0.2) is 31.7 Å². The predicted octanol–water partition coefficient (Wildman–Crippen LogP) is 7.62. The fourth-order valence-corrected chi connectivity index (χ4v) is 6.14. The van der Waals surface area contributed by atoms with Gasteiger partial charge in [-0.05, 0) is 46.9 Å². The fourth-order valence-electron chi connectivity index (χ4n) is 4.81. The molecular formula is C32H31NO6S. The van der Waals surface area contributed by atoms with Crippen molar-refractivity contribution in [1.29, 1.82) is 0 Å². The van der Waals surface area contributed by atoms with Gasteiger partial charge in [-0.15, -0.1) is 11.8 Å². The number of phenolic OH excluding ortho intramolecular Hbond substituents is 5. The van der Waals surface area contributed by atoms with Gasteiger partial charge in [0.25, 0.3) is 0 Å². The van der Waals surface area contributed by atoms with Gasteiger partial charge in [-0.1, -0.05) is 51.1 Å². The SMILES string of the molecule is CC(C)(C)c1cccc(C=Nc2ccccc2SC2C[C@@H](c3ccc(O)c(O)c3)Oc3cc(O)cc(O)c32)c1O. The van der Waals surface area contributed by atoms with Gasteiger partial charge < -0.3 is 30.3 Å². The van der Waals surface area contributed by atoms with Crippen molar-refractivity contribution in [2.45, 2.75) is 48.9 Å². The van der Waals surface area contributed by atoms with Crippen LogP contribution in [0.4, 0.5) is 5.69 Å². The molecule has 0 radical (unpaired) electrons. The van der Waals surface area contributed by atoms with Gasteiger partial charge in [-0.25, -0.2) is 0 Å². The van der Waals surface area contributed by atoms with Crippen LogP contribution in [0.1, 0.15) is 60.8 Å². The second-order valence-electron chi connectivity index (χ2n) is 10.8. The van der Waals surface area contributed by atoms with E-state index in [9.17, 15) is 25.5 Å². The molecule has 0 aromatic heterocycles. The van der Waals surface area contributed by atoms with E-state index in [0.717, 1.165) is 10.5 Å². The lowest BCUT2D eigenvalue weighted by atomic mass is 9.85. The topological polar surface area (TPSA) is 123 Å². The number of rotatable bonds is 5. The average molecular weight is 558 g/mol. The van der Waals surface area contributed by atoms with Crippen LogP contribution in [0, 0.1) is 0 Å². The minimum Gasteiger partial charge on any atom is -0.508 e. The Balaban J connectivity index is 1.50. The van der Waals surface area contributed by atoms with Gasteiger partial charge in [-0.2, -0.15) is 0 Å². The molecule has 7 nitrogen and oxygen atoms in total. The Bertz CT molecular complexity index is 1590. The lowest BCUT2D eigenvalue weighted by Crippen LogP contribution is -2.18. The summed E-state index contributed by atoms with van der Waals surface area (Å²) in [7, 11) is 0. The number of thioether (sulfide) groups is 1. The molecule has 1 aliphatic rings. The number of ether oxygens (including phenoxy) is 1. The first-order valence-electron chi connectivity index (χ1n) is 12.9.